The van der Waals surface area contributed by atoms with E-state index in [-0.39, 0.29) is 16.9 Å². The van der Waals surface area contributed by atoms with Crippen LogP contribution in [0.5, 0.6) is 0 Å². The fourth-order valence-corrected chi connectivity index (χ4v) is 15.2. The summed E-state index contributed by atoms with van der Waals surface area (Å²) < 4.78 is 33.6. The summed E-state index contributed by atoms with van der Waals surface area (Å²) in [5.41, 5.74) is -0.999. The molecule has 0 bridgehead atoms. The molecule has 39 heavy (non-hydrogen) atoms. The normalized spacial score (nSPS) is 19.3. The van der Waals surface area contributed by atoms with Gasteiger partial charge in [-0.15, -0.1) is 0 Å². The van der Waals surface area contributed by atoms with Crippen LogP contribution in [0.15, 0.2) is 126 Å². The van der Waals surface area contributed by atoms with Crippen LogP contribution in [-0.4, -0.2) is 32.8 Å². The standard InChI is InChI=1S/C33H34O4SSi/c1-32(2,3)37-31(34)25-33(38(35,36)26-16-8-4-9-17-26)24-30(33)39(27-18-10-5-11-19-27,28-20-12-6-13-21-28)29-22-14-7-15-23-29/h4-23,30H,24-25H2,1-3H3/t30-,33+/m0/s1. The van der Waals surface area contributed by atoms with E-state index in [0.717, 1.165) is 15.6 Å². The van der Waals surface area contributed by atoms with Crippen LogP contribution < -0.4 is 15.6 Å². The summed E-state index contributed by atoms with van der Waals surface area (Å²) in [6.07, 6.45) is 0.196. The third kappa shape index (κ3) is 4.88. The maximum atomic E-state index is 14.6. The van der Waals surface area contributed by atoms with Gasteiger partial charge in [0.1, 0.15) is 5.60 Å². The molecule has 0 heterocycles. The second kappa shape index (κ2) is 10.2. The molecule has 0 unspecified atom stereocenters. The van der Waals surface area contributed by atoms with E-state index >= 15 is 0 Å². The zero-order valence-corrected chi connectivity index (χ0v) is 24.4. The molecule has 5 rings (SSSR count). The third-order valence-corrected chi connectivity index (χ3v) is 16.0. The topological polar surface area (TPSA) is 60.4 Å². The number of hydrogen-bond donors (Lipinski definition) is 0. The summed E-state index contributed by atoms with van der Waals surface area (Å²) in [7, 11) is -6.88. The summed E-state index contributed by atoms with van der Waals surface area (Å²) in [5.74, 6) is -0.485. The lowest BCUT2D eigenvalue weighted by Crippen LogP contribution is -2.69. The number of esters is 1. The fraction of sp³-hybridized carbons (Fsp3) is 0.242. The van der Waals surface area contributed by atoms with Gasteiger partial charge in [0.05, 0.1) is 16.1 Å². The van der Waals surface area contributed by atoms with E-state index in [1.807, 2.05) is 75.4 Å². The Labute approximate surface area is 232 Å². The summed E-state index contributed by atoms with van der Waals surface area (Å²) in [6, 6.07) is 39.4. The van der Waals surface area contributed by atoms with Crippen molar-refractivity contribution in [2.45, 2.75) is 54.4 Å². The minimum Gasteiger partial charge on any atom is -0.460 e. The molecule has 0 aliphatic heterocycles. The minimum atomic E-state index is -3.90. The fourth-order valence-electron chi connectivity index (χ4n) is 6.08. The van der Waals surface area contributed by atoms with Gasteiger partial charge in [0.25, 0.3) is 0 Å². The Kier molecular flexibility index (Phi) is 7.12. The van der Waals surface area contributed by atoms with Gasteiger partial charge in [-0.05, 0) is 60.4 Å². The van der Waals surface area contributed by atoms with E-state index in [4.69, 9.17) is 4.74 Å². The van der Waals surface area contributed by atoms with Crippen molar-refractivity contribution in [3.63, 3.8) is 0 Å². The lowest BCUT2D eigenvalue weighted by molar-refractivity contribution is -0.154. The van der Waals surface area contributed by atoms with Gasteiger partial charge in [0.15, 0.2) is 17.9 Å². The molecule has 0 radical (unpaired) electrons. The largest absolute Gasteiger partial charge is 0.460 e. The maximum Gasteiger partial charge on any atom is 0.307 e. The molecule has 4 aromatic rings. The summed E-state index contributed by atoms with van der Waals surface area (Å²) in [5, 5.41) is 3.38. The average molecular weight is 555 g/mol. The Balaban J connectivity index is 1.78. The Morgan fingerprint density at radius 3 is 1.51 bits per heavy atom. The zero-order valence-electron chi connectivity index (χ0n) is 22.6. The van der Waals surface area contributed by atoms with Gasteiger partial charge in [0, 0.05) is 0 Å². The van der Waals surface area contributed by atoms with E-state index in [1.165, 1.54) is 0 Å². The molecular formula is C33H34O4SSi. The number of ether oxygens (including phenoxy) is 1. The smallest absolute Gasteiger partial charge is 0.307 e. The Hall–Kier alpha value is -3.48. The van der Waals surface area contributed by atoms with Gasteiger partial charge in [-0.1, -0.05) is 109 Å². The SMILES string of the molecule is CC(C)(C)OC(=O)C[C@]1(S(=O)(=O)c2ccccc2)C[C@@H]1[Si](c1ccccc1)(c1ccccc1)c1ccccc1. The summed E-state index contributed by atoms with van der Waals surface area (Å²) >= 11 is 0. The van der Waals surface area contributed by atoms with Crippen LogP contribution in [0.2, 0.25) is 5.54 Å². The predicted octanol–water partition coefficient (Wildman–Crippen LogP) is 4.88. The first kappa shape index (κ1) is 27.1. The van der Waals surface area contributed by atoms with E-state index in [2.05, 4.69) is 36.4 Å². The van der Waals surface area contributed by atoms with Crippen molar-refractivity contribution in [3.05, 3.63) is 121 Å². The Morgan fingerprint density at radius 1 is 0.744 bits per heavy atom. The quantitative estimate of drug-likeness (QED) is 0.177. The van der Waals surface area contributed by atoms with Crippen LogP contribution >= 0.6 is 0 Å². The van der Waals surface area contributed by atoms with Crippen molar-refractivity contribution in [1.29, 1.82) is 0 Å². The lowest BCUT2D eigenvalue weighted by atomic mass is 10.2. The third-order valence-electron chi connectivity index (χ3n) is 7.69. The molecule has 2 atom stereocenters. The second-order valence-electron chi connectivity index (χ2n) is 11.3. The molecule has 6 heteroatoms. The van der Waals surface area contributed by atoms with Crippen LogP contribution in [0.1, 0.15) is 33.6 Å². The highest BCUT2D eigenvalue weighted by Crippen LogP contribution is 2.63. The molecule has 1 aliphatic rings. The number of carbonyl (C=O) groups is 1. The van der Waals surface area contributed by atoms with Crippen molar-refractivity contribution in [3.8, 4) is 0 Å². The van der Waals surface area contributed by atoms with Gasteiger partial charge in [-0.25, -0.2) is 8.42 Å². The zero-order chi connectivity index (χ0) is 27.7. The molecule has 1 fully saturated rings. The van der Waals surface area contributed by atoms with Crippen LogP contribution in [0.3, 0.4) is 0 Å². The molecule has 0 amide bonds. The van der Waals surface area contributed by atoms with Crippen molar-refractivity contribution >= 4 is 39.4 Å². The maximum absolute atomic E-state index is 14.6. The van der Waals surface area contributed by atoms with E-state index in [1.54, 1.807) is 30.3 Å². The Bertz CT molecular complexity index is 1440. The summed E-state index contributed by atoms with van der Waals surface area (Å²) in [4.78, 5) is 13.6. The molecule has 0 saturated heterocycles. The molecule has 4 aromatic carbocycles. The molecule has 0 spiro atoms. The molecular weight excluding hydrogens is 521 g/mol. The molecule has 1 aliphatic carbocycles. The van der Waals surface area contributed by atoms with Crippen LogP contribution in [-0.2, 0) is 19.4 Å². The number of rotatable bonds is 8. The van der Waals surface area contributed by atoms with E-state index < -0.39 is 34.2 Å². The van der Waals surface area contributed by atoms with Crippen molar-refractivity contribution in [2.75, 3.05) is 0 Å². The van der Waals surface area contributed by atoms with E-state index in [9.17, 15) is 13.2 Å². The molecule has 200 valence electrons. The number of benzene rings is 4. The second-order valence-corrected chi connectivity index (χ2v) is 17.6. The average Bonchev–Trinajstić information content (AvgIpc) is 3.66. The van der Waals surface area contributed by atoms with Crippen LogP contribution in [0, 0.1) is 0 Å². The monoisotopic (exact) mass is 554 g/mol. The number of carbonyl (C=O) groups excluding carboxylic acids is 1. The molecule has 0 aromatic heterocycles. The summed E-state index contributed by atoms with van der Waals surface area (Å²) in [6.45, 7) is 5.43. The van der Waals surface area contributed by atoms with Gasteiger partial charge < -0.3 is 4.74 Å². The molecule has 4 nitrogen and oxygen atoms in total. The Morgan fingerprint density at radius 2 is 1.13 bits per heavy atom. The number of sulfone groups is 1. The van der Waals surface area contributed by atoms with Gasteiger partial charge in [-0.2, -0.15) is 0 Å². The van der Waals surface area contributed by atoms with E-state index in [0.29, 0.717) is 6.42 Å². The van der Waals surface area contributed by atoms with Crippen LogP contribution in [0.25, 0.3) is 0 Å². The van der Waals surface area contributed by atoms with Gasteiger partial charge in [0.2, 0.25) is 0 Å². The predicted molar refractivity (Wildman–Crippen MR) is 159 cm³/mol. The molecule has 0 N–H and O–H groups in total. The van der Waals surface area contributed by atoms with Crippen molar-refractivity contribution in [2.24, 2.45) is 0 Å². The highest BCUT2D eigenvalue weighted by molar-refractivity contribution is 7.93. The van der Waals surface area contributed by atoms with Gasteiger partial charge >= 0.3 is 5.97 Å². The first-order chi connectivity index (χ1) is 18.6. The first-order valence-electron chi connectivity index (χ1n) is 13.3. The first-order valence-corrected chi connectivity index (χ1v) is 16.9. The van der Waals surface area contributed by atoms with Crippen molar-refractivity contribution in [1.82, 2.24) is 0 Å². The lowest BCUT2D eigenvalue weighted by Gasteiger charge is -2.36. The minimum absolute atomic E-state index is 0.187. The van der Waals surface area contributed by atoms with Crippen molar-refractivity contribution < 1.29 is 17.9 Å². The highest BCUT2D eigenvalue weighted by atomic mass is 32.2. The number of hydrogen-bond acceptors (Lipinski definition) is 4. The van der Waals surface area contributed by atoms with Crippen LogP contribution in [0.4, 0.5) is 0 Å². The van der Waals surface area contributed by atoms with Gasteiger partial charge in [-0.3, -0.25) is 4.79 Å². The highest BCUT2D eigenvalue weighted by Gasteiger charge is 2.73. The molecule has 1 saturated carbocycles.